The molecule has 0 bridgehead atoms. The second kappa shape index (κ2) is 7.20. The summed E-state index contributed by atoms with van der Waals surface area (Å²) < 4.78 is 37.2. The summed E-state index contributed by atoms with van der Waals surface area (Å²) in [5, 5.41) is 11.7. The van der Waals surface area contributed by atoms with Crippen molar-refractivity contribution in [3.63, 3.8) is 0 Å². The summed E-state index contributed by atoms with van der Waals surface area (Å²) in [7, 11) is 0. The molecule has 1 aromatic heterocycles. The number of alkyl halides is 3. The minimum Gasteiger partial charge on any atom is -0.480 e. The third-order valence-corrected chi connectivity index (χ3v) is 4.26. The van der Waals surface area contributed by atoms with E-state index in [4.69, 9.17) is 5.11 Å². The second-order valence-electron chi connectivity index (χ2n) is 5.31. The van der Waals surface area contributed by atoms with Crippen LogP contribution in [0.5, 0.6) is 0 Å². The number of carboxylic acids is 1. The number of pyridine rings is 1. The molecule has 1 aliphatic rings. The highest BCUT2D eigenvalue weighted by atomic mass is 32.2. The molecule has 1 saturated carbocycles. The predicted octanol–water partition coefficient (Wildman–Crippen LogP) is 2.56. The lowest BCUT2D eigenvalue weighted by Gasteiger charge is -2.13. The van der Waals surface area contributed by atoms with E-state index in [1.54, 1.807) is 0 Å². The predicted molar refractivity (Wildman–Crippen MR) is 76.9 cm³/mol. The van der Waals surface area contributed by atoms with Gasteiger partial charge in [0.2, 0.25) is 5.91 Å². The van der Waals surface area contributed by atoms with Crippen LogP contribution in [0.4, 0.5) is 13.2 Å². The zero-order chi connectivity index (χ0) is 17.0. The molecule has 1 heterocycles. The number of thioether (sulfide) groups is 1. The average Bonchev–Trinajstić information content (AvgIpc) is 3.28. The van der Waals surface area contributed by atoms with E-state index in [1.165, 1.54) is 6.07 Å². The lowest BCUT2D eigenvalue weighted by molar-refractivity contribution is -0.141. The molecule has 23 heavy (non-hydrogen) atoms. The van der Waals surface area contributed by atoms with E-state index in [9.17, 15) is 22.8 Å². The molecule has 1 aliphatic carbocycles. The molecular formula is C14H15F3N2O3S. The van der Waals surface area contributed by atoms with E-state index in [1.807, 2.05) is 0 Å². The van der Waals surface area contributed by atoms with Crippen LogP contribution in [0.1, 0.15) is 24.8 Å². The van der Waals surface area contributed by atoms with E-state index >= 15 is 0 Å². The summed E-state index contributed by atoms with van der Waals surface area (Å²) in [6, 6.07) is 1.15. The Labute approximate surface area is 134 Å². The van der Waals surface area contributed by atoms with Crippen molar-refractivity contribution in [2.45, 2.75) is 36.5 Å². The van der Waals surface area contributed by atoms with Gasteiger partial charge in [-0.15, -0.1) is 0 Å². The first-order valence-electron chi connectivity index (χ1n) is 6.94. The van der Waals surface area contributed by atoms with E-state index in [2.05, 4.69) is 10.3 Å². The maximum atomic E-state index is 12.4. The van der Waals surface area contributed by atoms with Gasteiger partial charge in [0.05, 0.1) is 16.3 Å². The van der Waals surface area contributed by atoms with Crippen molar-refractivity contribution in [3.05, 3.63) is 23.9 Å². The zero-order valence-corrected chi connectivity index (χ0v) is 12.8. The monoisotopic (exact) mass is 348 g/mol. The van der Waals surface area contributed by atoms with Gasteiger partial charge in [-0.05, 0) is 24.5 Å². The van der Waals surface area contributed by atoms with E-state index < -0.39 is 29.7 Å². The first-order valence-corrected chi connectivity index (χ1v) is 7.92. The zero-order valence-electron chi connectivity index (χ0n) is 12.0. The smallest absolute Gasteiger partial charge is 0.417 e. The Hall–Kier alpha value is -1.77. The first kappa shape index (κ1) is 17.6. The Morgan fingerprint density at radius 2 is 2.09 bits per heavy atom. The summed E-state index contributed by atoms with van der Waals surface area (Å²) in [6.07, 6.45) is -1.39. The summed E-state index contributed by atoms with van der Waals surface area (Å²) >= 11 is 0.953. The number of carbonyl (C=O) groups is 2. The average molecular weight is 348 g/mol. The number of carboxylic acid groups (broad SMARTS) is 1. The maximum Gasteiger partial charge on any atom is 0.417 e. The fourth-order valence-corrected chi connectivity index (χ4v) is 2.57. The van der Waals surface area contributed by atoms with Gasteiger partial charge in [0.25, 0.3) is 0 Å². The minimum atomic E-state index is -4.45. The third kappa shape index (κ3) is 5.74. The Kier molecular flexibility index (Phi) is 5.51. The SMILES string of the molecule is O=C(CSc1ccc(C(F)(F)F)cn1)NC(CC1CC1)C(=O)O. The molecule has 0 spiro atoms. The molecule has 126 valence electrons. The lowest BCUT2D eigenvalue weighted by Crippen LogP contribution is -2.42. The van der Waals surface area contributed by atoms with Gasteiger partial charge in [0.1, 0.15) is 6.04 Å². The van der Waals surface area contributed by atoms with Gasteiger partial charge in [-0.25, -0.2) is 9.78 Å². The van der Waals surface area contributed by atoms with Gasteiger partial charge in [0, 0.05) is 6.20 Å². The normalized spacial score (nSPS) is 16.0. The Morgan fingerprint density at radius 1 is 1.39 bits per heavy atom. The van der Waals surface area contributed by atoms with Crippen molar-refractivity contribution >= 4 is 23.6 Å². The number of halogens is 3. The molecule has 1 aromatic rings. The molecule has 0 saturated heterocycles. The highest BCUT2D eigenvalue weighted by molar-refractivity contribution is 7.99. The van der Waals surface area contributed by atoms with E-state index in [-0.39, 0.29) is 10.8 Å². The van der Waals surface area contributed by atoms with Crippen LogP contribution in [-0.2, 0) is 15.8 Å². The van der Waals surface area contributed by atoms with Crippen LogP contribution < -0.4 is 5.32 Å². The number of rotatable bonds is 7. The fourth-order valence-electron chi connectivity index (χ4n) is 1.92. The summed E-state index contributed by atoms with van der Waals surface area (Å²) in [6.45, 7) is 0. The Morgan fingerprint density at radius 3 is 2.57 bits per heavy atom. The number of nitrogens with zero attached hydrogens (tertiary/aromatic N) is 1. The quantitative estimate of drug-likeness (QED) is 0.741. The lowest BCUT2D eigenvalue weighted by atomic mass is 10.1. The molecule has 0 aliphatic heterocycles. The number of carbonyl (C=O) groups excluding carboxylic acids is 1. The van der Waals surface area contributed by atoms with Crippen LogP contribution in [0.15, 0.2) is 23.4 Å². The molecule has 9 heteroatoms. The van der Waals surface area contributed by atoms with Crippen molar-refractivity contribution in [2.75, 3.05) is 5.75 Å². The van der Waals surface area contributed by atoms with E-state index in [0.717, 1.165) is 30.7 Å². The molecule has 1 fully saturated rings. The molecule has 5 nitrogen and oxygen atoms in total. The molecule has 1 unspecified atom stereocenters. The van der Waals surface area contributed by atoms with Gasteiger partial charge in [-0.2, -0.15) is 13.2 Å². The molecule has 2 rings (SSSR count). The van der Waals surface area contributed by atoms with Crippen LogP contribution in [0.25, 0.3) is 0 Å². The Balaban J connectivity index is 1.82. The standard InChI is InChI=1S/C14H15F3N2O3S/c15-14(16,17)9-3-4-12(18-6-9)23-7-11(20)19-10(13(21)22)5-8-1-2-8/h3-4,6,8,10H,1-2,5,7H2,(H,19,20)(H,21,22). The highest BCUT2D eigenvalue weighted by Gasteiger charge is 2.31. The molecule has 2 N–H and O–H groups in total. The topological polar surface area (TPSA) is 79.3 Å². The number of aliphatic carboxylic acids is 1. The van der Waals surface area contributed by atoms with Crippen LogP contribution >= 0.6 is 11.8 Å². The summed E-state index contributed by atoms with van der Waals surface area (Å²) in [5.41, 5.74) is -0.860. The molecule has 0 aromatic carbocycles. The molecule has 1 atom stereocenters. The van der Waals surface area contributed by atoms with Crippen molar-refractivity contribution < 1.29 is 27.9 Å². The first-order chi connectivity index (χ1) is 10.8. The molecule has 1 amide bonds. The number of nitrogens with one attached hydrogen (secondary N) is 1. The summed E-state index contributed by atoms with van der Waals surface area (Å²) in [5.74, 6) is -1.32. The van der Waals surface area contributed by atoms with Crippen LogP contribution in [-0.4, -0.2) is 33.8 Å². The third-order valence-electron chi connectivity index (χ3n) is 3.31. The number of aromatic nitrogens is 1. The van der Waals surface area contributed by atoms with Gasteiger partial charge in [-0.3, -0.25) is 4.79 Å². The summed E-state index contributed by atoms with van der Waals surface area (Å²) in [4.78, 5) is 26.5. The van der Waals surface area contributed by atoms with E-state index in [0.29, 0.717) is 18.5 Å². The van der Waals surface area contributed by atoms with Gasteiger partial charge in [0.15, 0.2) is 0 Å². The molecular weight excluding hydrogens is 333 g/mol. The minimum absolute atomic E-state index is 0.104. The number of hydrogen-bond donors (Lipinski definition) is 2. The maximum absolute atomic E-state index is 12.4. The second-order valence-corrected chi connectivity index (χ2v) is 6.30. The van der Waals surface area contributed by atoms with Crippen molar-refractivity contribution in [3.8, 4) is 0 Å². The van der Waals surface area contributed by atoms with Crippen molar-refractivity contribution in [1.82, 2.24) is 10.3 Å². The van der Waals surface area contributed by atoms with Gasteiger partial charge < -0.3 is 10.4 Å². The number of amides is 1. The number of hydrogen-bond acceptors (Lipinski definition) is 4. The Bertz CT molecular complexity index is 574. The van der Waals surface area contributed by atoms with Gasteiger partial charge >= 0.3 is 12.1 Å². The highest BCUT2D eigenvalue weighted by Crippen LogP contribution is 2.33. The van der Waals surface area contributed by atoms with Gasteiger partial charge in [-0.1, -0.05) is 24.6 Å². The van der Waals surface area contributed by atoms with Crippen molar-refractivity contribution in [2.24, 2.45) is 5.92 Å². The largest absolute Gasteiger partial charge is 0.480 e. The van der Waals surface area contributed by atoms with Crippen LogP contribution in [0.2, 0.25) is 0 Å². The van der Waals surface area contributed by atoms with Crippen LogP contribution in [0.3, 0.4) is 0 Å². The van der Waals surface area contributed by atoms with Crippen molar-refractivity contribution in [1.29, 1.82) is 0 Å². The van der Waals surface area contributed by atoms with Crippen LogP contribution in [0, 0.1) is 5.92 Å². The molecule has 0 radical (unpaired) electrons. The fraction of sp³-hybridized carbons (Fsp3) is 0.500.